The van der Waals surface area contributed by atoms with E-state index in [-0.39, 0.29) is 12.5 Å². The number of hydrogen-bond donors (Lipinski definition) is 1. The Hall–Kier alpha value is -3.87. The van der Waals surface area contributed by atoms with Gasteiger partial charge in [0.1, 0.15) is 11.5 Å². The number of benzene rings is 2. The molecule has 0 aliphatic heterocycles. The van der Waals surface area contributed by atoms with Crippen LogP contribution >= 0.6 is 0 Å². The third-order valence-corrected chi connectivity index (χ3v) is 4.82. The lowest BCUT2D eigenvalue weighted by Crippen LogP contribution is -2.20. The van der Waals surface area contributed by atoms with Crippen LogP contribution in [-0.2, 0) is 11.8 Å². The lowest BCUT2D eigenvalue weighted by Gasteiger charge is -2.09. The quantitative estimate of drug-likeness (QED) is 0.493. The highest BCUT2D eigenvalue weighted by Gasteiger charge is 2.15. The van der Waals surface area contributed by atoms with Crippen LogP contribution in [0.2, 0.25) is 0 Å². The van der Waals surface area contributed by atoms with Gasteiger partial charge >= 0.3 is 0 Å². The van der Waals surface area contributed by atoms with Gasteiger partial charge in [-0.3, -0.25) is 4.79 Å². The number of nitrogens with zero attached hydrogens (tertiary/aromatic N) is 3. The molecule has 0 radical (unpaired) electrons. The maximum Gasteiger partial charge on any atom is 0.262 e. The summed E-state index contributed by atoms with van der Waals surface area (Å²) >= 11 is 0. The van der Waals surface area contributed by atoms with Crippen molar-refractivity contribution in [3.63, 3.8) is 0 Å². The Labute approximate surface area is 180 Å². The molecule has 7 heteroatoms. The molecule has 0 atom stereocenters. The van der Waals surface area contributed by atoms with Crippen molar-refractivity contribution in [3.8, 4) is 17.4 Å². The zero-order valence-corrected chi connectivity index (χ0v) is 18.0. The predicted molar refractivity (Wildman–Crippen MR) is 120 cm³/mol. The number of nitrogens with one attached hydrogen (secondary N) is 1. The van der Waals surface area contributed by atoms with E-state index in [4.69, 9.17) is 9.47 Å². The van der Waals surface area contributed by atoms with E-state index < -0.39 is 0 Å². The van der Waals surface area contributed by atoms with E-state index in [1.807, 2.05) is 51.1 Å². The van der Waals surface area contributed by atoms with E-state index in [0.29, 0.717) is 17.3 Å². The fraction of sp³-hybridized carbons (Fsp3) is 0.208. The van der Waals surface area contributed by atoms with Crippen molar-refractivity contribution in [2.45, 2.75) is 20.8 Å². The van der Waals surface area contributed by atoms with Crippen LogP contribution < -0.4 is 14.8 Å². The number of carbonyl (C=O) groups excluding carboxylic acids is 1. The monoisotopic (exact) mass is 416 g/mol. The summed E-state index contributed by atoms with van der Waals surface area (Å²) in [6, 6.07) is 17.0. The molecule has 0 unspecified atom stereocenters. The zero-order chi connectivity index (χ0) is 22.0. The molecule has 2 aromatic carbocycles. The van der Waals surface area contributed by atoms with Crippen LogP contribution in [0.25, 0.3) is 11.0 Å². The van der Waals surface area contributed by atoms with Crippen molar-refractivity contribution in [1.29, 1.82) is 0 Å². The van der Waals surface area contributed by atoms with Crippen molar-refractivity contribution in [2.75, 3.05) is 11.9 Å². The number of aryl methyl sites for hydroxylation is 4. The molecule has 2 aromatic heterocycles. The van der Waals surface area contributed by atoms with Crippen LogP contribution in [0.4, 0.5) is 5.69 Å². The van der Waals surface area contributed by atoms with Gasteiger partial charge in [0.2, 0.25) is 5.88 Å². The molecular formula is C24H24N4O3. The number of ether oxygens (including phenoxy) is 2. The Balaban J connectivity index is 1.37. The number of anilines is 1. The molecule has 0 saturated carbocycles. The van der Waals surface area contributed by atoms with Gasteiger partial charge in [-0.2, -0.15) is 0 Å². The van der Waals surface area contributed by atoms with Crippen molar-refractivity contribution in [2.24, 2.45) is 7.05 Å². The maximum absolute atomic E-state index is 12.4. The zero-order valence-electron chi connectivity index (χ0n) is 18.0. The Bertz CT molecular complexity index is 1230. The topological polar surface area (TPSA) is 78.3 Å². The summed E-state index contributed by atoms with van der Waals surface area (Å²) in [5, 5.41) is 8.00. The molecule has 31 heavy (non-hydrogen) atoms. The predicted octanol–water partition coefficient (Wildman–Crippen LogP) is 4.70. The molecule has 2 heterocycles. The van der Waals surface area contributed by atoms with Gasteiger partial charge in [0.15, 0.2) is 12.3 Å². The van der Waals surface area contributed by atoms with Crippen LogP contribution in [0.3, 0.4) is 0 Å². The molecule has 0 spiro atoms. The highest BCUT2D eigenvalue weighted by molar-refractivity contribution is 5.92. The number of rotatable bonds is 6. The van der Waals surface area contributed by atoms with Crippen LogP contribution in [0.5, 0.6) is 17.4 Å². The first-order chi connectivity index (χ1) is 14.9. The average molecular weight is 416 g/mol. The maximum atomic E-state index is 12.4. The molecule has 158 valence electrons. The van der Waals surface area contributed by atoms with Gasteiger partial charge in [0, 0.05) is 18.4 Å². The second-order valence-corrected chi connectivity index (χ2v) is 7.48. The van der Waals surface area contributed by atoms with Gasteiger partial charge in [0.05, 0.1) is 5.39 Å². The van der Waals surface area contributed by atoms with Crippen LogP contribution in [0.1, 0.15) is 16.8 Å². The van der Waals surface area contributed by atoms with Crippen molar-refractivity contribution in [1.82, 2.24) is 14.8 Å². The summed E-state index contributed by atoms with van der Waals surface area (Å²) in [6.07, 6.45) is 0. The highest BCUT2D eigenvalue weighted by atomic mass is 16.5. The van der Waals surface area contributed by atoms with Crippen molar-refractivity contribution < 1.29 is 14.3 Å². The molecule has 0 fully saturated rings. The first-order valence-electron chi connectivity index (χ1n) is 9.97. The molecule has 1 amide bonds. The molecule has 7 nitrogen and oxygen atoms in total. The largest absolute Gasteiger partial charge is 0.466 e. The summed E-state index contributed by atoms with van der Waals surface area (Å²) in [5.41, 5.74) is 4.48. The Kier molecular flexibility index (Phi) is 5.58. The standard InChI is InChI=1S/C24H24N4O3/c1-15-5-9-19(10-6-15)31-20-11-7-18(8-12-20)26-21(29)14-30-24-22-16(2)13-17(3)25-23(22)28(4)27-24/h5-13H,14H2,1-4H3,(H,26,29). The lowest BCUT2D eigenvalue weighted by molar-refractivity contribution is -0.118. The fourth-order valence-electron chi connectivity index (χ4n) is 3.33. The van der Waals surface area contributed by atoms with E-state index in [1.54, 1.807) is 36.0 Å². The SMILES string of the molecule is Cc1ccc(Oc2ccc(NC(=O)COc3nn(C)c4nc(C)cc(C)c34)cc2)cc1. The number of amides is 1. The fourth-order valence-corrected chi connectivity index (χ4v) is 3.33. The van der Waals surface area contributed by atoms with E-state index in [0.717, 1.165) is 28.0 Å². The summed E-state index contributed by atoms with van der Waals surface area (Å²) in [5.74, 6) is 1.58. The van der Waals surface area contributed by atoms with Crippen molar-refractivity contribution >= 4 is 22.6 Å². The lowest BCUT2D eigenvalue weighted by atomic mass is 10.2. The van der Waals surface area contributed by atoms with Gasteiger partial charge < -0.3 is 14.8 Å². The van der Waals surface area contributed by atoms with Crippen LogP contribution in [-0.4, -0.2) is 27.3 Å². The molecule has 0 aliphatic rings. The third-order valence-electron chi connectivity index (χ3n) is 4.82. The van der Waals surface area contributed by atoms with Crippen LogP contribution in [0, 0.1) is 20.8 Å². The number of hydrogen-bond acceptors (Lipinski definition) is 5. The van der Waals surface area contributed by atoms with E-state index in [2.05, 4.69) is 15.4 Å². The summed E-state index contributed by atoms with van der Waals surface area (Å²) in [4.78, 5) is 16.9. The molecule has 4 aromatic rings. The molecule has 0 aliphatic carbocycles. The van der Waals surface area contributed by atoms with Gasteiger partial charge in [-0.05, 0) is 68.8 Å². The highest BCUT2D eigenvalue weighted by Crippen LogP contribution is 2.27. The van der Waals surface area contributed by atoms with E-state index in [1.165, 1.54) is 5.56 Å². The van der Waals surface area contributed by atoms with Gasteiger partial charge in [0.25, 0.3) is 5.91 Å². The first kappa shape index (κ1) is 20.4. The Morgan fingerprint density at radius 1 is 1.00 bits per heavy atom. The van der Waals surface area contributed by atoms with E-state index in [9.17, 15) is 4.79 Å². The Morgan fingerprint density at radius 2 is 1.65 bits per heavy atom. The second-order valence-electron chi connectivity index (χ2n) is 7.48. The van der Waals surface area contributed by atoms with Gasteiger partial charge in [-0.1, -0.05) is 17.7 Å². The molecular weight excluding hydrogens is 392 g/mol. The van der Waals surface area contributed by atoms with Crippen molar-refractivity contribution in [3.05, 3.63) is 71.4 Å². The normalized spacial score (nSPS) is 10.8. The molecule has 1 N–H and O–H groups in total. The minimum Gasteiger partial charge on any atom is -0.466 e. The number of carbonyl (C=O) groups is 1. The number of aromatic nitrogens is 3. The minimum absolute atomic E-state index is 0.152. The molecule has 0 saturated heterocycles. The number of fused-ring (bicyclic) bond motifs is 1. The first-order valence-corrected chi connectivity index (χ1v) is 9.97. The third kappa shape index (κ3) is 4.66. The smallest absolute Gasteiger partial charge is 0.262 e. The Morgan fingerprint density at radius 3 is 2.32 bits per heavy atom. The summed E-state index contributed by atoms with van der Waals surface area (Å²) in [6.45, 7) is 5.79. The second kappa shape index (κ2) is 8.47. The molecule has 0 bridgehead atoms. The van der Waals surface area contributed by atoms with E-state index >= 15 is 0 Å². The van der Waals surface area contributed by atoms with Gasteiger partial charge in [-0.15, -0.1) is 5.10 Å². The summed E-state index contributed by atoms with van der Waals surface area (Å²) in [7, 11) is 1.81. The van der Waals surface area contributed by atoms with Gasteiger partial charge in [-0.25, -0.2) is 9.67 Å². The summed E-state index contributed by atoms with van der Waals surface area (Å²) < 4.78 is 13.2. The number of pyridine rings is 1. The van der Waals surface area contributed by atoms with Crippen LogP contribution in [0.15, 0.2) is 54.6 Å². The minimum atomic E-state index is -0.274. The average Bonchev–Trinajstić information content (AvgIpc) is 3.05. The molecule has 4 rings (SSSR count).